The summed E-state index contributed by atoms with van der Waals surface area (Å²) in [6.07, 6.45) is 1.49. The van der Waals surface area contributed by atoms with E-state index in [1.807, 2.05) is 0 Å². The average molecular weight is 358 g/mol. The number of H-pyrrole nitrogens is 1. The van der Waals surface area contributed by atoms with Crippen LogP contribution < -0.4 is 16.6 Å². The molecule has 1 atom stereocenters. The number of nitrogens with zero attached hydrogens (tertiary/aromatic N) is 3. The van der Waals surface area contributed by atoms with Gasteiger partial charge >= 0.3 is 5.69 Å². The number of carbonyl (C=O) groups is 1. The first-order chi connectivity index (χ1) is 11.3. The molecular formula is C14H20ClN5O4. The Balaban J connectivity index is 2.34. The third kappa shape index (κ3) is 3.85. The molecule has 0 bridgehead atoms. The van der Waals surface area contributed by atoms with Gasteiger partial charge in [0.15, 0.2) is 11.2 Å². The Bertz CT molecular complexity index is 851. The normalized spacial score (nSPS) is 12.5. The minimum atomic E-state index is -0.496. The van der Waals surface area contributed by atoms with Crippen molar-refractivity contribution in [3.63, 3.8) is 0 Å². The summed E-state index contributed by atoms with van der Waals surface area (Å²) in [4.78, 5) is 42.9. The van der Waals surface area contributed by atoms with Crippen LogP contribution >= 0.6 is 11.6 Å². The molecule has 9 nitrogen and oxygen atoms in total. The maximum absolute atomic E-state index is 12.5. The minimum absolute atomic E-state index is 0.0644. The number of aromatic nitrogens is 4. The van der Waals surface area contributed by atoms with Gasteiger partial charge in [-0.25, -0.2) is 4.79 Å². The monoisotopic (exact) mass is 357 g/mol. The van der Waals surface area contributed by atoms with Crippen LogP contribution in [0, 0.1) is 0 Å². The van der Waals surface area contributed by atoms with Gasteiger partial charge in [-0.15, -0.1) is 11.6 Å². The number of amides is 1. The summed E-state index contributed by atoms with van der Waals surface area (Å²) in [5.41, 5.74) is -0.678. The quantitative estimate of drug-likeness (QED) is 0.481. The van der Waals surface area contributed by atoms with Crippen LogP contribution in [-0.2, 0) is 18.4 Å². The van der Waals surface area contributed by atoms with E-state index in [1.54, 1.807) is 6.92 Å². The number of halogens is 1. The number of aliphatic hydroxyl groups is 1. The standard InChI is InChI=1S/C14H20ClN5O4/c1-8(21)5-3-4-6-20-12(23)10-11(19(2)14(20)24)18-13(17-10)16-9(22)7-15/h8,21H,3-7H2,1-2H3,(H2,16,17,18,22)/t8-/m1/s1. The van der Waals surface area contributed by atoms with Gasteiger partial charge in [0, 0.05) is 13.6 Å². The highest BCUT2D eigenvalue weighted by atomic mass is 35.5. The summed E-state index contributed by atoms with van der Waals surface area (Å²) in [5, 5.41) is 11.7. The van der Waals surface area contributed by atoms with E-state index in [-0.39, 0.29) is 29.5 Å². The van der Waals surface area contributed by atoms with Gasteiger partial charge in [0.2, 0.25) is 11.9 Å². The van der Waals surface area contributed by atoms with Crippen molar-refractivity contribution in [1.29, 1.82) is 0 Å². The molecule has 2 aromatic heterocycles. The minimum Gasteiger partial charge on any atom is -0.393 e. The highest BCUT2D eigenvalue weighted by Crippen LogP contribution is 2.09. The maximum Gasteiger partial charge on any atom is 0.332 e. The first-order valence-corrected chi connectivity index (χ1v) is 8.12. The number of anilines is 1. The second-order valence-electron chi connectivity index (χ2n) is 5.61. The highest BCUT2D eigenvalue weighted by Gasteiger charge is 2.16. The number of unbranched alkanes of at least 4 members (excludes halogenated alkanes) is 1. The van der Waals surface area contributed by atoms with E-state index in [0.29, 0.717) is 19.3 Å². The largest absolute Gasteiger partial charge is 0.393 e. The van der Waals surface area contributed by atoms with Gasteiger partial charge in [0.25, 0.3) is 5.56 Å². The molecule has 0 spiro atoms. The van der Waals surface area contributed by atoms with Gasteiger partial charge in [0.1, 0.15) is 5.88 Å². The number of imidazole rings is 1. The van der Waals surface area contributed by atoms with Gasteiger partial charge in [-0.1, -0.05) is 0 Å². The van der Waals surface area contributed by atoms with Crippen LogP contribution in [0.4, 0.5) is 5.95 Å². The van der Waals surface area contributed by atoms with Crippen LogP contribution in [0.25, 0.3) is 11.2 Å². The van der Waals surface area contributed by atoms with Gasteiger partial charge in [0.05, 0.1) is 6.10 Å². The summed E-state index contributed by atoms with van der Waals surface area (Å²) in [7, 11) is 1.50. The molecule has 0 aliphatic heterocycles. The van der Waals surface area contributed by atoms with E-state index in [1.165, 1.54) is 11.6 Å². The zero-order chi connectivity index (χ0) is 17.9. The van der Waals surface area contributed by atoms with Crippen LogP contribution in [0.15, 0.2) is 9.59 Å². The second kappa shape index (κ2) is 7.63. The Morgan fingerprint density at radius 3 is 2.75 bits per heavy atom. The number of nitrogens with one attached hydrogen (secondary N) is 2. The fourth-order valence-electron chi connectivity index (χ4n) is 2.38. The molecule has 0 aliphatic rings. The lowest BCUT2D eigenvalue weighted by molar-refractivity contribution is -0.114. The Morgan fingerprint density at radius 2 is 2.12 bits per heavy atom. The van der Waals surface area contributed by atoms with Crippen LogP contribution in [0.2, 0.25) is 0 Å². The zero-order valence-electron chi connectivity index (χ0n) is 13.5. The van der Waals surface area contributed by atoms with E-state index in [4.69, 9.17) is 11.6 Å². The number of fused-ring (bicyclic) bond motifs is 1. The molecule has 24 heavy (non-hydrogen) atoms. The summed E-state index contributed by atoms with van der Waals surface area (Å²) >= 11 is 5.41. The van der Waals surface area contributed by atoms with E-state index < -0.39 is 23.3 Å². The lowest BCUT2D eigenvalue weighted by atomic mass is 10.2. The molecule has 0 saturated heterocycles. The molecule has 0 fully saturated rings. The molecule has 3 N–H and O–H groups in total. The average Bonchev–Trinajstić information content (AvgIpc) is 2.95. The molecule has 1 amide bonds. The topological polar surface area (TPSA) is 122 Å². The van der Waals surface area contributed by atoms with Crippen molar-refractivity contribution in [2.24, 2.45) is 7.05 Å². The molecule has 2 aromatic rings. The number of alkyl halides is 1. The molecule has 0 aliphatic carbocycles. The number of carbonyl (C=O) groups excluding carboxylic acids is 1. The Hall–Kier alpha value is -2.13. The van der Waals surface area contributed by atoms with E-state index in [2.05, 4.69) is 15.3 Å². The third-order valence-corrected chi connectivity index (χ3v) is 3.85. The SMILES string of the molecule is C[C@@H](O)CCCCn1c(=O)c2[nH]c(NC(=O)CCl)nc2n(C)c1=O. The summed E-state index contributed by atoms with van der Waals surface area (Å²) in [6.45, 7) is 1.94. The highest BCUT2D eigenvalue weighted by molar-refractivity contribution is 6.28. The lowest BCUT2D eigenvalue weighted by Gasteiger charge is -2.08. The van der Waals surface area contributed by atoms with Gasteiger partial charge < -0.3 is 10.1 Å². The van der Waals surface area contributed by atoms with Crippen LogP contribution in [0.5, 0.6) is 0 Å². The van der Waals surface area contributed by atoms with Crippen LogP contribution in [-0.4, -0.2) is 42.1 Å². The number of aryl methyl sites for hydroxylation is 1. The van der Waals surface area contributed by atoms with Crippen molar-refractivity contribution in [2.45, 2.75) is 38.8 Å². The number of hydrogen-bond donors (Lipinski definition) is 3. The zero-order valence-corrected chi connectivity index (χ0v) is 14.3. The molecule has 0 radical (unpaired) electrons. The van der Waals surface area contributed by atoms with E-state index in [0.717, 1.165) is 4.57 Å². The van der Waals surface area contributed by atoms with Crippen LogP contribution in [0.1, 0.15) is 26.2 Å². The molecule has 0 saturated carbocycles. The van der Waals surface area contributed by atoms with Gasteiger partial charge in [-0.2, -0.15) is 4.98 Å². The number of aromatic amines is 1. The third-order valence-electron chi connectivity index (χ3n) is 3.61. The molecule has 2 rings (SSSR count). The van der Waals surface area contributed by atoms with Crippen LogP contribution in [0.3, 0.4) is 0 Å². The van der Waals surface area contributed by atoms with Crippen molar-refractivity contribution < 1.29 is 9.90 Å². The number of rotatable bonds is 7. The predicted molar refractivity (Wildman–Crippen MR) is 90.5 cm³/mol. The maximum atomic E-state index is 12.5. The first-order valence-electron chi connectivity index (χ1n) is 7.58. The Morgan fingerprint density at radius 1 is 1.42 bits per heavy atom. The van der Waals surface area contributed by atoms with Gasteiger partial charge in [-0.05, 0) is 26.2 Å². The smallest absolute Gasteiger partial charge is 0.332 e. The predicted octanol–water partition coefficient (Wildman–Crippen LogP) is 0.152. The van der Waals surface area contributed by atoms with E-state index >= 15 is 0 Å². The molecule has 0 aromatic carbocycles. The summed E-state index contributed by atoms with van der Waals surface area (Å²) in [6, 6.07) is 0. The van der Waals surface area contributed by atoms with Gasteiger partial charge in [-0.3, -0.25) is 24.0 Å². The van der Waals surface area contributed by atoms with Crippen molar-refractivity contribution >= 4 is 34.6 Å². The van der Waals surface area contributed by atoms with Crippen molar-refractivity contribution in [3.05, 3.63) is 20.8 Å². The lowest BCUT2D eigenvalue weighted by Crippen LogP contribution is -2.39. The number of hydrogen-bond acceptors (Lipinski definition) is 5. The molecule has 132 valence electrons. The molecular weight excluding hydrogens is 338 g/mol. The fraction of sp³-hybridized carbons (Fsp3) is 0.571. The van der Waals surface area contributed by atoms with Crippen molar-refractivity contribution in [3.8, 4) is 0 Å². The number of aliphatic hydroxyl groups excluding tert-OH is 1. The second-order valence-corrected chi connectivity index (χ2v) is 5.88. The Kier molecular flexibility index (Phi) is 5.79. The first kappa shape index (κ1) is 18.2. The summed E-state index contributed by atoms with van der Waals surface area (Å²) < 4.78 is 2.37. The van der Waals surface area contributed by atoms with Crippen molar-refractivity contribution in [1.82, 2.24) is 19.1 Å². The van der Waals surface area contributed by atoms with Crippen molar-refractivity contribution in [2.75, 3.05) is 11.2 Å². The molecule has 0 unspecified atom stereocenters. The summed E-state index contributed by atoms with van der Waals surface area (Å²) in [5.74, 6) is -0.655. The molecule has 2 heterocycles. The Labute approximate surface area is 142 Å². The van der Waals surface area contributed by atoms with E-state index in [9.17, 15) is 19.5 Å². The fourth-order valence-corrected chi connectivity index (χ4v) is 2.45. The molecule has 10 heteroatoms.